The van der Waals surface area contributed by atoms with Gasteiger partial charge in [0.15, 0.2) is 0 Å². The van der Waals surface area contributed by atoms with Crippen molar-refractivity contribution >= 4 is 29.2 Å². The molecule has 100 valence electrons. The number of carbonyl (C=O) groups is 1. The molecule has 5 heteroatoms. The molecule has 3 nitrogen and oxygen atoms in total. The Balaban J connectivity index is 2.64. The zero-order valence-corrected chi connectivity index (χ0v) is 12.3. The zero-order valence-electron chi connectivity index (χ0n) is 10.8. The highest BCUT2D eigenvalue weighted by Gasteiger charge is 2.13. The van der Waals surface area contributed by atoms with E-state index in [9.17, 15) is 4.79 Å². The first-order valence-electron chi connectivity index (χ1n) is 5.96. The van der Waals surface area contributed by atoms with Crippen molar-refractivity contribution in [2.24, 2.45) is 0 Å². The fraction of sp³-hybridized carbons (Fsp3) is 0.462. The van der Waals surface area contributed by atoms with Crippen LogP contribution in [0.2, 0.25) is 10.0 Å². The second-order valence-electron chi connectivity index (χ2n) is 4.31. The molecule has 0 heterocycles. The van der Waals surface area contributed by atoms with Crippen molar-refractivity contribution < 1.29 is 4.79 Å². The molecule has 0 aliphatic carbocycles. The summed E-state index contributed by atoms with van der Waals surface area (Å²) in [4.78, 5) is 11.7. The van der Waals surface area contributed by atoms with Gasteiger partial charge in [-0.25, -0.2) is 4.79 Å². The minimum absolute atomic E-state index is 0.151. The Morgan fingerprint density at radius 3 is 2.50 bits per heavy atom. The molecule has 0 fully saturated rings. The summed E-state index contributed by atoms with van der Waals surface area (Å²) < 4.78 is 0. The molecule has 2 atom stereocenters. The van der Waals surface area contributed by atoms with Gasteiger partial charge < -0.3 is 10.6 Å². The maximum atomic E-state index is 11.7. The third-order valence-electron chi connectivity index (χ3n) is 2.77. The molecule has 1 rings (SSSR count). The second-order valence-corrected chi connectivity index (χ2v) is 5.16. The van der Waals surface area contributed by atoms with E-state index in [-0.39, 0.29) is 18.1 Å². The van der Waals surface area contributed by atoms with E-state index in [1.165, 1.54) is 0 Å². The van der Waals surface area contributed by atoms with Crippen LogP contribution in [-0.2, 0) is 0 Å². The monoisotopic (exact) mass is 288 g/mol. The van der Waals surface area contributed by atoms with E-state index in [4.69, 9.17) is 23.2 Å². The third kappa shape index (κ3) is 4.39. The van der Waals surface area contributed by atoms with Crippen LogP contribution in [0.4, 0.5) is 4.79 Å². The minimum atomic E-state index is -0.192. The molecule has 2 N–H and O–H groups in total. The third-order valence-corrected chi connectivity index (χ3v) is 3.33. The predicted octanol–water partition coefficient (Wildman–Crippen LogP) is 4.15. The van der Waals surface area contributed by atoms with E-state index in [1.807, 2.05) is 26.8 Å². The van der Waals surface area contributed by atoms with Crippen molar-refractivity contribution in [3.8, 4) is 0 Å². The lowest BCUT2D eigenvalue weighted by molar-refractivity contribution is 0.234. The Hall–Kier alpha value is -0.930. The first-order valence-corrected chi connectivity index (χ1v) is 6.71. The van der Waals surface area contributed by atoms with E-state index in [2.05, 4.69) is 10.6 Å². The number of amides is 2. The first kappa shape index (κ1) is 15.1. The van der Waals surface area contributed by atoms with E-state index in [0.717, 1.165) is 12.0 Å². The maximum Gasteiger partial charge on any atom is 0.315 e. The molecule has 0 saturated carbocycles. The number of nitrogens with one attached hydrogen (secondary N) is 2. The quantitative estimate of drug-likeness (QED) is 0.858. The molecule has 1 aromatic rings. The van der Waals surface area contributed by atoms with Crippen LogP contribution in [0.3, 0.4) is 0 Å². The number of rotatable bonds is 4. The Morgan fingerprint density at radius 2 is 1.94 bits per heavy atom. The smallest absolute Gasteiger partial charge is 0.315 e. The number of urea groups is 1. The molecule has 0 aromatic heterocycles. The minimum Gasteiger partial charge on any atom is -0.336 e. The van der Waals surface area contributed by atoms with Gasteiger partial charge in [-0.2, -0.15) is 0 Å². The van der Waals surface area contributed by atoms with Gasteiger partial charge >= 0.3 is 6.03 Å². The topological polar surface area (TPSA) is 41.1 Å². The number of carbonyl (C=O) groups excluding carboxylic acids is 1. The number of halogens is 2. The summed E-state index contributed by atoms with van der Waals surface area (Å²) in [5.41, 5.74) is 0.848. The van der Waals surface area contributed by atoms with Crippen molar-refractivity contribution in [2.45, 2.75) is 39.3 Å². The lowest BCUT2D eigenvalue weighted by Crippen LogP contribution is -2.41. The van der Waals surface area contributed by atoms with Gasteiger partial charge in [0.2, 0.25) is 0 Å². The van der Waals surface area contributed by atoms with E-state index in [1.54, 1.807) is 12.1 Å². The van der Waals surface area contributed by atoms with Crippen molar-refractivity contribution in [3.05, 3.63) is 33.8 Å². The van der Waals surface area contributed by atoms with Crippen molar-refractivity contribution in [1.29, 1.82) is 0 Å². The van der Waals surface area contributed by atoms with Gasteiger partial charge in [-0.1, -0.05) is 36.2 Å². The van der Waals surface area contributed by atoms with E-state index < -0.39 is 0 Å². The van der Waals surface area contributed by atoms with Crippen LogP contribution in [0, 0.1) is 0 Å². The summed E-state index contributed by atoms with van der Waals surface area (Å²) in [5, 5.41) is 6.82. The Kier molecular flexibility index (Phi) is 5.76. The highest BCUT2D eigenvalue weighted by Crippen LogP contribution is 2.25. The first-order chi connectivity index (χ1) is 8.43. The summed E-state index contributed by atoms with van der Waals surface area (Å²) in [6.07, 6.45) is 0.892. The lowest BCUT2D eigenvalue weighted by atomic mass is 10.1. The van der Waals surface area contributed by atoms with Gasteiger partial charge in [0.25, 0.3) is 0 Å². The van der Waals surface area contributed by atoms with Crippen molar-refractivity contribution in [1.82, 2.24) is 10.6 Å². The van der Waals surface area contributed by atoms with Crippen LogP contribution in [0.1, 0.15) is 38.8 Å². The van der Waals surface area contributed by atoms with Crippen molar-refractivity contribution in [3.63, 3.8) is 0 Å². The van der Waals surface area contributed by atoms with Crippen LogP contribution >= 0.6 is 23.2 Å². The molecule has 0 saturated heterocycles. The molecule has 0 aliphatic rings. The number of hydrogen-bond acceptors (Lipinski definition) is 1. The molecule has 0 unspecified atom stereocenters. The summed E-state index contributed by atoms with van der Waals surface area (Å²) in [6.45, 7) is 5.86. The molecular formula is C13H18Cl2N2O. The molecule has 2 amide bonds. The van der Waals surface area contributed by atoms with Gasteiger partial charge in [-0.05, 0) is 38.0 Å². The summed E-state index contributed by atoms with van der Waals surface area (Å²) >= 11 is 11.9. The fourth-order valence-electron chi connectivity index (χ4n) is 1.49. The van der Waals surface area contributed by atoms with Crippen LogP contribution in [-0.4, -0.2) is 12.1 Å². The molecule has 1 aromatic carbocycles. The Labute approximate surface area is 118 Å². The maximum absolute atomic E-state index is 11.7. The molecule has 18 heavy (non-hydrogen) atoms. The van der Waals surface area contributed by atoms with Gasteiger partial charge in [0.05, 0.1) is 6.04 Å². The van der Waals surface area contributed by atoms with Gasteiger partial charge in [-0.3, -0.25) is 0 Å². The number of hydrogen-bond donors (Lipinski definition) is 2. The van der Waals surface area contributed by atoms with Crippen LogP contribution in [0.5, 0.6) is 0 Å². The molecular weight excluding hydrogens is 271 g/mol. The summed E-state index contributed by atoms with van der Waals surface area (Å²) in [7, 11) is 0. The van der Waals surface area contributed by atoms with Gasteiger partial charge in [0.1, 0.15) is 0 Å². The highest BCUT2D eigenvalue weighted by molar-refractivity contribution is 6.35. The van der Waals surface area contributed by atoms with E-state index in [0.29, 0.717) is 10.0 Å². The zero-order chi connectivity index (χ0) is 13.7. The van der Waals surface area contributed by atoms with E-state index >= 15 is 0 Å². The molecule has 0 bridgehead atoms. The van der Waals surface area contributed by atoms with Crippen molar-refractivity contribution in [2.75, 3.05) is 0 Å². The number of benzene rings is 1. The molecule has 0 spiro atoms. The molecule has 0 aliphatic heterocycles. The Morgan fingerprint density at radius 1 is 1.28 bits per heavy atom. The van der Waals surface area contributed by atoms with Crippen LogP contribution in [0.15, 0.2) is 18.2 Å². The summed E-state index contributed by atoms with van der Waals surface area (Å²) in [5.74, 6) is 0. The standard InChI is InChI=1S/C13H18Cl2N2O/c1-4-8(2)16-13(18)17-9(3)11-6-5-10(14)7-12(11)15/h5-9H,4H2,1-3H3,(H2,16,17,18)/t8-,9+/m0/s1. The normalized spacial score (nSPS) is 13.8. The second kappa shape index (κ2) is 6.86. The SMILES string of the molecule is CC[C@H](C)NC(=O)N[C@H](C)c1ccc(Cl)cc1Cl. The molecule has 0 radical (unpaired) electrons. The largest absolute Gasteiger partial charge is 0.336 e. The average molecular weight is 289 g/mol. The van der Waals surface area contributed by atoms with Crippen LogP contribution < -0.4 is 10.6 Å². The average Bonchev–Trinajstić information content (AvgIpc) is 2.28. The van der Waals surface area contributed by atoms with Gasteiger partial charge in [0, 0.05) is 16.1 Å². The lowest BCUT2D eigenvalue weighted by Gasteiger charge is -2.18. The van der Waals surface area contributed by atoms with Gasteiger partial charge in [-0.15, -0.1) is 0 Å². The Bertz CT molecular complexity index is 423. The van der Waals surface area contributed by atoms with Crippen LogP contribution in [0.25, 0.3) is 0 Å². The summed E-state index contributed by atoms with van der Waals surface area (Å²) in [6, 6.07) is 5.04. The highest BCUT2D eigenvalue weighted by atomic mass is 35.5. The predicted molar refractivity (Wildman–Crippen MR) is 76.3 cm³/mol. The fourth-order valence-corrected chi connectivity index (χ4v) is 2.07.